The summed E-state index contributed by atoms with van der Waals surface area (Å²) < 4.78 is 0. The standard InChI is InChI=1S/C64H50N2/c1-63(2)58-38-43(28-34-54(58)56-36-32-51(41-60(56)63)65(48-20-7-5-8-21-48)49-22-9-6-10-23-49)26-27-44-29-35-55-57-37-33-52(42-61(57)64(3,4)59(55)39-44)66(50-31-30-45-16-11-12-18-47(45)40-50)62-25-15-19-46-17-13-14-24-53(46)62/h5-42H,1-4H3. The molecule has 2 aliphatic carbocycles. The quantitative estimate of drug-likeness (QED) is 0.141. The van der Waals surface area contributed by atoms with Crippen LogP contribution in [0.3, 0.4) is 0 Å². The van der Waals surface area contributed by atoms with Crippen molar-refractivity contribution in [3.05, 3.63) is 252 Å². The van der Waals surface area contributed by atoms with E-state index in [0.29, 0.717) is 0 Å². The fourth-order valence-electron chi connectivity index (χ4n) is 10.9. The molecule has 0 spiro atoms. The van der Waals surface area contributed by atoms with Gasteiger partial charge >= 0.3 is 0 Å². The lowest BCUT2D eigenvalue weighted by Gasteiger charge is -2.29. The van der Waals surface area contributed by atoms with Gasteiger partial charge in [-0.15, -0.1) is 0 Å². The van der Waals surface area contributed by atoms with E-state index in [0.717, 1.165) is 28.4 Å². The van der Waals surface area contributed by atoms with Gasteiger partial charge in [-0.05, 0) is 139 Å². The minimum atomic E-state index is -0.197. The molecular formula is C64H50N2. The van der Waals surface area contributed by atoms with Crippen molar-refractivity contribution in [3.8, 4) is 22.3 Å². The highest BCUT2D eigenvalue weighted by atomic mass is 15.1. The average Bonchev–Trinajstić information content (AvgIpc) is 3.72. The molecule has 0 amide bonds. The van der Waals surface area contributed by atoms with Crippen LogP contribution in [-0.2, 0) is 10.8 Å². The molecule has 66 heavy (non-hydrogen) atoms. The highest BCUT2D eigenvalue weighted by Gasteiger charge is 2.38. The summed E-state index contributed by atoms with van der Waals surface area (Å²) >= 11 is 0. The molecule has 2 aliphatic rings. The van der Waals surface area contributed by atoms with Gasteiger partial charge in [0.05, 0.1) is 5.69 Å². The third-order valence-electron chi connectivity index (χ3n) is 14.4. The zero-order valence-electron chi connectivity index (χ0n) is 37.8. The first kappa shape index (κ1) is 39.6. The molecule has 0 saturated heterocycles. The van der Waals surface area contributed by atoms with Crippen LogP contribution in [0, 0.1) is 0 Å². The van der Waals surface area contributed by atoms with Gasteiger partial charge in [0.2, 0.25) is 0 Å². The molecule has 0 aromatic heterocycles. The van der Waals surface area contributed by atoms with E-state index in [1.165, 1.54) is 82.9 Å². The van der Waals surface area contributed by atoms with Crippen molar-refractivity contribution in [3.63, 3.8) is 0 Å². The first-order chi connectivity index (χ1) is 32.2. The van der Waals surface area contributed by atoms with E-state index >= 15 is 0 Å². The normalized spacial score (nSPS) is 13.9. The Morgan fingerprint density at radius 1 is 0.303 bits per heavy atom. The minimum absolute atomic E-state index is 0.163. The zero-order valence-corrected chi connectivity index (χ0v) is 37.8. The second-order valence-corrected chi connectivity index (χ2v) is 19.0. The van der Waals surface area contributed by atoms with E-state index in [1.54, 1.807) is 0 Å². The van der Waals surface area contributed by atoms with Gasteiger partial charge < -0.3 is 9.80 Å². The number of para-hydroxylation sites is 2. The SMILES string of the molecule is CC1(C)c2cc(C=Cc3ccc4c(c3)C(C)(C)c3cc(N(c5ccc6ccccc6c5)c5cccc6ccccc56)ccc3-4)ccc2-c2ccc(N(c3ccccc3)c3ccccc3)cc21. The maximum atomic E-state index is 2.45. The summed E-state index contributed by atoms with van der Waals surface area (Å²) in [5, 5.41) is 4.93. The third kappa shape index (κ3) is 6.47. The van der Waals surface area contributed by atoms with Crippen molar-refractivity contribution in [2.24, 2.45) is 0 Å². The summed E-state index contributed by atoms with van der Waals surface area (Å²) in [6.07, 6.45) is 4.58. The monoisotopic (exact) mass is 846 g/mol. The Kier molecular flexibility index (Phi) is 9.22. The summed E-state index contributed by atoms with van der Waals surface area (Å²) in [5.74, 6) is 0. The van der Waals surface area contributed by atoms with Crippen LogP contribution in [0.5, 0.6) is 0 Å². The predicted molar refractivity (Wildman–Crippen MR) is 281 cm³/mol. The molecule has 10 aromatic carbocycles. The van der Waals surface area contributed by atoms with Gasteiger partial charge in [0.25, 0.3) is 0 Å². The van der Waals surface area contributed by atoms with Gasteiger partial charge in [-0.25, -0.2) is 0 Å². The van der Waals surface area contributed by atoms with Gasteiger partial charge in [0.1, 0.15) is 0 Å². The maximum Gasteiger partial charge on any atom is 0.0540 e. The van der Waals surface area contributed by atoms with Crippen molar-refractivity contribution < 1.29 is 0 Å². The Bertz CT molecular complexity index is 3500. The first-order valence-electron chi connectivity index (χ1n) is 23.2. The molecule has 2 heteroatoms. The second-order valence-electron chi connectivity index (χ2n) is 19.0. The largest absolute Gasteiger partial charge is 0.310 e. The van der Waals surface area contributed by atoms with Crippen molar-refractivity contribution >= 4 is 67.8 Å². The Hall–Kier alpha value is -7.94. The Balaban J connectivity index is 0.859. The van der Waals surface area contributed by atoms with E-state index in [-0.39, 0.29) is 10.8 Å². The molecule has 0 saturated carbocycles. The number of anilines is 6. The smallest absolute Gasteiger partial charge is 0.0540 e. The molecule has 0 heterocycles. The van der Waals surface area contributed by atoms with Crippen molar-refractivity contribution in [2.75, 3.05) is 9.80 Å². The van der Waals surface area contributed by atoms with Crippen LogP contribution in [0.2, 0.25) is 0 Å². The number of rotatable bonds is 8. The second kappa shape index (κ2) is 15.4. The number of fused-ring (bicyclic) bond motifs is 8. The van der Waals surface area contributed by atoms with Gasteiger partial charge in [0.15, 0.2) is 0 Å². The number of nitrogens with zero attached hydrogens (tertiary/aromatic N) is 2. The van der Waals surface area contributed by atoms with Gasteiger partial charge in [0, 0.05) is 44.7 Å². The highest BCUT2D eigenvalue weighted by Crippen LogP contribution is 2.53. The molecule has 0 unspecified atom stereocenters. The van der Waals surface area contributed by atoms with Crippen molar-refractivity contribution in [1.82, 2.24) is 0 Å². The Morgan fingerprint density at radius 3 is 1.30 bits per heavy atom. The van der Waals surface area contributed by atoms with Gasteiger partial charge in [-0.3, -0.25) is 0 Å². The molecule has 0 atom stereocenters. The number of hydrogen-bond donors (Lipinski definition) is 0. The van der Waals surface area contributed by atoms with E-state index in [1.807, 2.05) is 0 Å². The Labute approximate surface area is 388 Å². The summed E-state index contributed by atoms with van der Waals surface area (Å²) in [7, 11) is 0. The molecule has 0 fully saturated rings. The predicted octanol–water partition coefficient (Wildman–Crippen LogP) is 17.7. The number of hydrogen-bond acceptors (Lipinski definition) is 2. The van der Waals surface area contributed by atoms with E-state index < -0.39 is 0 Å². The summed E-state index contributed by atoms with van der Waals surface area (Å²) in [6, 6.07) is 80.3. The Morgan fingerprint density at radius 2 is 0.727 bits per heavy atom. The first-order valence-corrected chi connectivity index (χ1v) is 23.2. The third-order valence-corrected chi connectivity index (χ3v) is 14.4. The van der Waals surface area contributed by atoms with Crippen LogP contribution in [-0.4, -0.2) is 0 Å². The summed E-state index contributed by atoms with van der Waals surface area (Å²) in [4.78, 5) is 4.80. The average molecular weight is 847 g/mol. The lowest BCUT2D eigenvalue weighted by atomic mass is 9.81. The van der Waals surface area contributed by atoms with Crippen LogP contribution in [0.4, 0.5) is 34.1 Å². The van der Waals surface area contributed by atoms with Crippen LogP contribution in [0.1, 0.15) is 61.1 Å². The zero-order chi connectivity index (χ0) is 44.6. The lowest BCUT2D eigenvalue weighted by Crippen LogP contribution is -2.17. The molecule has 12 rings (SSSR count). The molecule has 316 valence electrons. The van der Waals surface area contributed by atoms with Crippen LogP contribution in [0.25, 0.3) is 56.0 Å². The molecule has 0 radical (unpaired) electrons. The van der Waals surface area contributed by atoms with Crippen LogP contribution >= 0.6 is 0 Å². The van der Waals surface area contributed by atoms with Crippen molar-refractivity contribution in [2.45, 2.75) is 38.5 Å². The fraction of sp³-hybridized carbons (Fsp3) is 0.0938. The van der Waals surface area contributed by atoms with Gasteiger partial charge in [-0.2, -0.15) is 0 Å². The minimum Gasteiger partial charge on any atom is -0.310 e. The number of benzene rings is 10. The van der Waals surface area contributed by atoms with E-state index in [9.17, 15) is 0 Å². The molecule has 0 bridgehead atoms. The molecule has 0 N–H and O–H groups in total. The summed E-state index contributed by atoms with van der Waals surface area (Å²) in [6.45, 7) is 9.52. The van der Waals surface area contributed by atoms with Crippen LogP contribution < -0.4 is 9.80 Å². The van der Waals surface area contributed by atoms with Crippen molar-refractivity contribution in [1.29, 1.82) is 0 Å². The topological polar surface area (TPSA) is 6.48 Å². The molecule has 2 nitrogen and oxygen atoms in total. The van der Waals surface area contributed by atoms with E-state index in [4.69, 9.17) is 0 Å². The fourth-order valence-corrected chi connectivity index (χ4v) is 10.9. The van der Waals surface area contributed by atoms with Gasteiger partial charge in [-0.1, -0.05) is 192 Å². The molecule has 10 aromatic rings. The maximum absolute atomic E-state index is 2.45. The lowest BCUT2D eigenvalue weighted by molar-refractivity contribution is 0.660. The highest BCUT2D eigenvalue weighted by molar-refractivity contribution is 6.01. The van der Waals surface area contributed by atoms with E-state index in [2.05, 4.69) is 268 Å². The molecular weight excluding hydrogens is 797 g/mol. The van der Waals surface area contributed by atoms with Crippen LogP contribution in [0.15, 0.2) is 218 Å². The molecule has 0 aliphatic heterocycles. The summed E-state index contributed by atoms with van der Waals surface area (Å²) in [5.41, 5.74) is 19.7.